The van der Waals surface area contributed by atoms with Gasteiger partial charge in [-0.2, -0.15) is 0 Å². The van der Waals surface area contributed by atoms with Crippen LogP contribution in [0.5, 0.6) is 5.75 Å². The molecule has 0 aliphatic carbocycles. The third-order valence-corrected chi connectivity index (χ3v) is 2.85. The van der Waals surface area contributed by atoms with Crippen LogP contribution in [0.15, 0.2) is 24.3 Å². The molecule has 0 fully saturated rings. The number of carbonyl (C=O) groups is 1. The highest BCUT2D eigenvalue weighted by atomic mass is 79.9. The summed E-state index contributed by atoms with van der Waals surface area (Å²) in [5.41, 5.74) is 0.698. The molecule has 88 valence electrons. The maximum atomic E-state index is 11.6. The first-order valence-electron chi connectivity index (χ1n) is 5.60. The number of carbonyl (C=O) groups excluding carboxylic acids is 1. The smallest absolute Gasteiger partial charge is 0.166 e. The molecule has 1 aromatic rings. The fourth-order valence-electron chi connectivity index (χ4n) is 1.39. The van der Waals surface area contributed by atoms with Crippen molar-refractivity contribution in [1.29, 1.82) is 0 Å². The molecule has 3 heteroatoms. The first-order valence-corrected chi connectivity index (χ1v) is 6.72. The highest BCUT2D eigenvalue weighted by molar-refractivity contribution is 9.09. The van der Waals surface area contributed by atoms with E-state index < -0.39 is 0 Å². The Kier molecular flexibility index (Phi) is 6.16. The van der Waals surface area contributed by atoms with Crippen molar-refractivity contribution < 1.29 is 9.53 Å². The Labute approximate surface area is 105 Å². The summed E-state index contributed by atoms with van der Waals surface area (Å²) < 4.78 is 5.62. The predicted octanol–water partition coefficient (Wildman–Crippen LogP) is 3.83. The van der Waals surface area contributed by atoms with Gasteiger partial charge in [0.05, 0.1) is 12.2 Å². The van der Waals surface area contributed by atoms with Gasteiger partial charge in [0.1, 0.15) is 5.75 Å². The second-order valence-corrected chi connectivity index (χ2v) is 4.31. The summed E-state index contributed by atoms with van der Waals surface area (Å²) in [6.07, 6.45) is 2.60. The fourth-order valence-corrected chi connectivity index (χ4v) is 1.79. The zero-order valence-electron chi connectivity index (χ0n) is 9.54. The second kappa shape index (κ2) is 7.44. The molecule has 0 heterocycles. The van der Waals surface area contributed by atoms with E-state index in [0.717, 1.165) is 18.2 Å². The Morgan fingerprint density at radius 1 is 1.31 bits per heavy atom. The first-order chi connectivity index (χ1) is 7.79. The third kappa shape index (κ3) is 3.97. The van der Waals surface area contributed by atoms with Crippen LogP contribution >= 0.6 is 15.9 Å². The van der Waals surface area contributed by atoms with Gasteiger partial charge in [-0.05, 0) is 25.0 Å². The summed E-state index contributed by atoms with van der Waals surface area (Å²) >= 11 is 3.38. The molecular weight excluding hydrogens is 268 g/mol. The first kappa shape index (κ1) is 13.2. The molecule has 2 nitrogen and oxygen atoms in total. The maximum absolute atomic E-state index is 11.6. The van der Waals surface area contributed by atoms with Crippen LogP contribution in [0.3, 0.4) is 0 Å². The molecule has 0 N–H and O–H groups in total. The van der Waals surface area contributed by atoms with Gasteiger partial charge in [-0.1, -0.05) is 35.0 Å². The third-order valence-electron chi connectivity index (χ3n) is 2.29. The van der Waals surface area contributed by atoms with Gasteiger partial charge in [0.25, 0.3) is 0 Å². The number of ketones is 1. The summed E-state index contributed by atoms with van der Waals surface area (Å²) in [4.78, 5) is 11.6. The SMILES string of the molecule is CCC(=O)c1ccccc1OCCCCBr. The molecule has 0 saturated heterocycles. The number of benzene rings is 1. The van der Waals surface area contributed by atoms with Gasteiger partial charge in [0.2, 0.25) is 0 Å². The minimum absolute atomic E-state index is 0.135. The number of ether oxygens (including phenoxy) is 1. The van der Waals surface area contributed by atoms with Gasteiger partial charge < -0.3 is 4.74 Å². The molecule has 0 aliphatic heterocycles. The van der Waals surface area contributed by atoms with Gasteiger partial charge >= 0.3 is 0 Å². The van der Waals surface area contributed by atoms with Crippen LogP contribution in [0.2, 0.25) is 0 Å². The number of rotatable bonds is 7. The summed E-state index contributed by atoms with van der Waals surface area (Å²) in [7, 11) is 0. The van der Waals surface area contributed by atoms with Gasteiger partial charge in [-0.15, -0.1) is 0 Å². The zero-order chi connectivity index (χ0) is 11.8. The molecule has 0 aliphatic rings. The lowest BCUT2D eigenvalue weighted by atomic mass is 10.1. The molecule has 0 radical (unpaired) electrons. The molecule has 1 rings (SSSR count). The lowest BCUT2D eigenvalue weighted by Crippen LogP contribution is -2.04. The normalized spacial score (nSPS) is 10.1. The molecule has 0 atom stereocenters. The predicted molar refractivity (Wildman–Crippen MR) is 69.6 cm³/mol. The minimum atomic E-state index is 0.135. The number of unbranched alkanes of at least 4 members (excludes halogenated alkanes) is 1. The molecule has 0 amide bonds. The Balaban J connectivity index is 2.60. The number of Topliss-reactive ketones (excluding diaryl/α,β-unsaturated/α-hetero) is 1. The Morgan fingerprint density at radius 3 is 2.75 bits per heavy atom. The molecule has 0 bridgehead atoms. The van der Waals surface area contributed by atoms with Crippen molar-refractivity contribution >= 4 is 21.7 Å². The lowest BCUT2D eigenvalue weighted by Gasteiger charge is -2.09. The Morgan fingerprint density at radius 2 is 2.06 bits per heavy atom. The molecule has 0 aromatic heterocycles. The minimum Gasteiger partial charge on any atom is -0.493 e. The summed E-state index contributed by atoms with van der Waals surface area (Å²) in [6, 6.07) is 7.45. The van der Waals surface area contributed by atoms with Gasteiger partial charge in [-0.25, -0.2) is 0 Å². The van der Waals surface area contributed by atoms with Crippen molar-refractivity contribution in [2.45, 2.75) is 26.2 Å². The van der Waals surface area contributed by atoms with Crippen molar-refractivity contribution in [3.8, 4) is 5.75 Å². The number of para-hydroxylation sites is 1. The van der Waals surface area contributed by atoms with Gasteiger partial charge in [0.15, 0.2) is 5.78 Å². The van der Waals surface area contributed by atoms with Crippen LogP contribution in [0.25, 0.3) is 0 Å². The van der Waals surface area contributed by atoms with E-state index in [1.165, 1.54) is 0 Å². The Bertz CT molecular complexity index is 336. The van der Waals surface area contributed by atoms with Crippen molar-refractivity contribution in [1.82, 2.24) is 0 Å². The number of hydrogen-bond donors (Lipinski definition) is 0. The van der Waals surface area contributed by atoms with E-state index in [2.05, 4.69) is 15.9 Å². The van der Waals surface area contributed by atoms with E-state index >= 15 is 0 Å². The molecule has 0 unspecified atom stereocenters. The monoisotopic (exact) mass is 284 g/mol. The Hall–Kier alpha value is -0.830. The van der Waals surface area contributed by atoms with Crippen LogP contribution in [0.1, 0.15) is 36.5 Å². The standard InChI is InChI=1S/C13H17BrO2/c1-2-12(15)11-7-3-4-8-13(11)16-10-6-5-9-14/h3-4,7-8H,2,5-6,9-10H2,1H3. The highest BCUT2D eigenvalue weighted by Gasteiger charge is 2.09. The number of alkyl halides is 1. The van der Waals surface area contributed by atoms with Gasteiger partial charge in [0, 0.05) is 11.8 Å². The summed E-state index contributed by atoms with van der Waals surface area (Å²) in [6.45, 7) is 2.53. The quantitative estimate of drug-likeness (QED) is 0.432. The van der Waals surface area contributed by atoms with E-state index in [1.54, 1.807) is 0 Å². The van der Waals surface area contributed by atoms with E-state index in [0.29, 0.717) is 24.3 Å². The van der Waals surface area contributed by atoms with Crippen LogP contribution in [0, 0.1) is 0 Å². The highest BCUT2D eigenvalue weighted by Crippen LogP contribution is 2.19. The molecule has 1 aromatic carbocycles. The number of halogens is 1. The molecule has 16 heavy (non-hydrogen) atoms. The van der Waals surface area contributed by atoms with Crippen LogP contribution in [0.4, 0.5) is 0 Å². The zero-order valence-corrected chi connectivity index (χ0v) is 11.1. The van der Waals surface area contributed by atoms with E-state index in [1.807, 2.05) is 31.2 Å². The largest absolute Gasteiger partial charge is 0.493 e. The lowest BCUT2D eigenvalue weighted by molar-refractivity contribution is 0.0984. The van der Waals surface area contributed by atoms with E-state index in [4.69, 9.17) is 4.74 Å². The average molecular weight is 285 g/mol. The summed E-state index contributed by atoms with van der Waals surface area (Å²) in [5.74, 6) is 0.847. The molecular formula is C13H17BrO2. The van der Waals surface area contributed by atoms with Crippen LogP contribution in [-0.4, -0.2) is 17.7 Å². The van der Waals surface area contributed by atoms with Crippen molar-refractivity contribution in [3.63, 3.8) is 0 Å². The summed E-state index contributed by atoms with van der Waals surface area (Å²) in [5, 5.41) is 0.992. The number of hydrogen-bond acceptors (Lipinski definition) is 2. The van der Waals surface area contributed by atoms with Crippen molar-refractivity contribution in [3.05, 3.63) is 29.8 Å². The maximum Gasteiger partial charge on any atom is 0.166 e. The topological polar surface area (TPSA) is 26.3 Å². The molecule has 0 saturated carbocycles. The average Bonchev–Trinajstić information content (AvgIpc) is 2.34. The van der Waals surface area contributed by atoms with Gasteiger partial charge in [-0.3, -0.25) is 4.79 Å². The van der Waals surface area contributed by atoms with Crippen molar-refractivity contribution in [2.75, 3.05) is 11.9 Å². The van der Waals surface area contributed by atoms with Crippen LogP contribution < -0.4 is 4.74 Å². The second-order valence-electron chi connectivity index (χ2n) is 3.52. The molecule has 0 spiro atoms. The van der Waals surface area contributed by atoms with Crippen molar-refractivity contribution in [2.24, 2.45) is 0 Å². The van der Waals surface area contributed by atoms with E-state index in [-0.39, 0.29) is 5.78 Å². The fraction of sp³-hybridized carbons (Fsp3) is 0.462. The van der Waals surface area contributed by atoms with E-state index in [9.17, 15) is 4.79 Å². The van der Waals surface area contributed by atoms with Crippen LogP contribution in [-0.2, 0) is 0 Å².